The van der Waals surface area contributed by atoms with Gasteiger partial charge < -0.3 is 4.74 Å². The summed E-state index contributed by atoms with van der Waals surface area (Å²) in [5, 5.41) is 4.83. The molecule has 1 aromatic heterocycles. The Bertz CT molecular complexity index is 886. The van der Waals surface area contributed by atoms with E-state index in [9.17, 15) is 4.79 Å². The molecule has 0 atom stereocenters. The van der Waals surface area contributed by atoms with Gasteiger partial charge >= 0.3 is 0 Å². The summed E-state index contributed by atoms with van der Waals surface area (Å²) in [5.41, 5.74) is 4.41. The Labute approximate surface area is 162 Å². The minimum atomic E-state index is -0.190. The van der Waals surface area contributed by atoms with Gasteiger partial charge in [0.15, 0.2) is 0 Å². The molecule has 0 spiro atoms. The molecule has 5 nitrogen and oxygen atoms in total. The van der Waals surface area contributed by atoms with E-state index in [4.69, 9.17) is 4.74 Å². The Morgan fingerprint density at radius 3 is 2.63 bits per heavy atom. The topological polar surface area (TPSA) is 63.6 Å². The predicted molar refractivity (Wildman–Crippen MR) is 108 cm³/mol. The van der Waals surface area contributed by atoms with Gasteiger partial charge in [0, 0.05) is 11.8 Å². The lowest BCUT2D eigenvalue weighted by atomic mass is 10.2. The van der Waals surface area contributed by atoms with Crippen LogP contribution in [0, 0.1) is 0 Å². The van der Waals surface area contributed by atoms with Crippen molar-refractivity contribution in [2.24, 2.45) is 5.10 Å². The highest BCUT2D eigenvalue weighted by Gasteiger charge is 2.04. The van der Waals surface area contributed by atoms with Crippen LogP contribution in [0.2, 0.25) is 0 Å². The summed E-state index contributed by atoms with van der Waals surface area (Å²) >= 11 is 1.36. The van der Waals surface area contributed by atoms with Gasteiger partial charge in [-0.1, -0.05) is 60.3 Å². The van der Waals surface area contributed by atoms with Gasteiger partial charge in [-0.05, 0) is 29.8 Å². The number of carbonyl (C=O) groups is 1. The molecule has 3 rings (SSSR count). The van der Waals surface area contributed by atoms with E-state index in [2.05, 4.69) is 15.5 Å². The first kappa shape index (κ1) is 18.7. The molecule has 0 fully saturated rings. The first-order chi connectivity index (χ1) is 13.3. The van der Waals surface area contributed by atoms with E-state index in [1.165, 1.54) is 11.8 Å². The molecular formula is C21H19N3O2S. The van der Waals surface area contributed by atoms with Crippen molar-refractivity contribution >= 4 is 23.9 Å². The van der Waals surface area contributed by atoms with Crippen LogP contribution in [0.25, 0.3) is 0 Å². The second-order valence-electron chi connectivity index (χ2n) is 5.56. The van der Waals surface area contributed by atoms with Gasteiger partial charge in [-0.15, -0.1) is 0 Å². The van der Waals surface area contributed by atoms with E-state index in [1.54, 1.807) is 12.4 Å². The Morgan fingerprint density at radius 2 is 1.81 bits per heavy atom. The minimum absolute atomic E-state index is 0.190. The van der Waals surface area contributed by atoms with Crippen molar-refractivity contribution in [3.8, 4) is 5.75 Å². The molecule has 1 heterocycles. The fourth-order valence-corrected chi connectivity index (χ4v) is 2.89. The number of ether oxygens (including phenoxy) is 1. The highest BCUT2D eigenvalue weighted by molar-refractivity contribution is 7.99. The van der Waals surface area contributed by atoms with Crippen LogP contribution in [0.15, 0.2) is 89.1 Å². The van der Waals surface area contributed by atoms with Gasteiger partial charge in [-0.25, -0.2) is 10.4 Å². The second kappa shape index (κ2) is 10.1. The normalized spacial score (nSPS) is 10.7. The molecule has 2 aromatic carbocycles. The van der Waals surface area contributed by atoms with Crippen LogP contribution in [-0.2, 0) is 11.4 Å². The molecule has 0 saturated carbocycles. The monoisotopic (exact) mass is 377 g/mol. The van der Waals surface area contributed by atoms with Gasteiger partial charge in [0.1, 0.15) is 12.4 Å². The number of amides is 1. The highest BCUT2D eigenvalue weighted by atomic mass is 32.2. The first-order valence-corrected chi connectivity index (χ1v) is 9.41. The summed E-state index contributed by atoms with van der Waals surface area (Å²) in [5.74, 6) is 0.771. The Balaban J connectivity index is 1.51. The van der Waals surface area contributed by atoms with Gasteiger partial charge in [0.05, 0.1) is 17.0 Å². The first-order valence-electron chi connectivity index (χ1n) is 8.43. The van der Waals surface area contributed by atoms with E-state index < -0.39 is 0 Å². The third-order valence-corrected chi connectivity index (χ3v) is 4.48. The quantitative estimate of drug-likeness (QED) is 0.367. The van der Waals surface area contributed by atoms with E-state index in [1.807, 2.05) is 72.8 Å². The second-order valence-corrected chi connectivity index (χ2v) is 6.56. The molecule has 27 heavy (non-hydrogen) atoms. The number of pyridine rings is 1. The number of benzene rings is 2. The molecular weight excluding hydrogens is 358 g/mol. The minimum Gasteiger partial charge on any atom is -0.488 e. The van der Waals surface area contributed by atoms with Crippen LogP contribution < -0.4 is 10.2 Å². The van der Waals surface area contributed by atoms with Gasteiger partial charge in [-0.2, -0.15) is 5.10 Å². The van der Waals surface area contributed by atoms with E-state index in [-0.39, 0.29) is 11.7 Å². The van der Waals surface area contributed by atoms with Crippen molar-refractivity contribution in [2.75, 3.05) is 5.75 Å². The molecule has 136 valence electrons. The average Bonchev–Trinajstić information content (AvgIpc) is 2.73. The van der Waals surface area contributed by atoms with Crippen LogP contribution in [0.3, 0.4) is 0 Å². The Hall–Kier alpha value is -3.12. The highest BCUT2D eigenvalue weighted by Crippen LogP contribution is 2.17. The predicted octanol–water partition coefficient (Wildman–Crippen LogP) is 3.90. The lowest BCUT2D eigenvalue weighted by Gasteiger charge is -2.09. The van der Waals surface area contributed by atoms with E-state index in [0.29, 0.717) is 12.4 Å². The standard InChI is InChI=1S/C21H19N3O2S/c25-20(16-27-21-12-6-7-13-22-21)24-23-14-18-10-4-5-11-19(18)26-15-17-8-2-1-3-9-17/h1-14H,15-16H2,(H,24,25). The van der Waals surface area contributed by atoms with Crippen molar-refractivity contribution in [1.29, 1.82) is 0 Å². The molecule has 0 aliphatic heterocycles. The summed E-state index contributed by atoms with van der Waals surface area (Å²) in [4.78, 5) is 16.1. The molecule has 0 aliphatic carbocycles. The zero-order valence-electron chi connectivity index (χ0n) is 14.6. The number of aromatic nitrogens is 1. The van der Waals surface area contributed by atoms with Crippen LogP contribution >= 0.6 is 11.8 Å². The third kappa shape index (κ3) is 6.27. The van der Waals surface area contributed by atoms with Crippen LogP contribution in [0.4, 0.5) is 0 Å². The number of hydrazone groups is 1. The largest absolute Gasteiger partial charge is 0.488 e. The number of hydrogen-bond acceptors (Lipinski definition) is 5. The van der Waals surface area contributed by atoms with Gasteiger partial charge in [-0.3, -0.25) is 4.79 Å². The fraction of sp³-hybridized carbons (Fsp3) is 0.0952. The van der Waals surface area contributed by atoms with Gasteiger partial charge in [0.25, 0.3) is 0 Å². The van der Waals surface area contributed by atoms with Crippen molar-refractivity contribution in [2.45, 2.75) is 11.6 Å². The lowest BCUT2D eigenvalue weighted by molar-refractivity contribution is -0.118. The Kier molecular flexibility index (Phi) is 7.00. The lowest BCUT2D eigenvalue weighted by Crippen LogP contribution is -2.19. The number of rotatable bonds is 8. The van der Waals surface area contributed by atoms with E-state index >= 15 is 0 Å². The molecule has 0 unspecified atom stereocenters. The maximum absolute atomic E-state index is 11.9. The maximum atomic E-state index is 11.9. The molecule has 3 aromatic rings. The molecule has 0 bridgehead atoms. The number of nitrogens with one attached hydrogen (secondary N) is 1. The molecule has 1 amide bonds. The van der Waals surface area contributed by atoms with E-state index in [0.717, 1.165) is 16.2 Å². The zero-order valence-corrected chi connectivity index (χ0v) is 15.4. The van der Waals surface area contributed by atoms with Crippen molar-refractivity contribution in [3.63, 3.8) is 0 Å². The smallest absolute Gasteiger partial charge is 0.250 e. The number of thioether (sulfide) groups is 1. The SMILES string of the molecule is O=C(CSc1ccccn1)NN=Cc1ccccc1OCc1ccccc1. The molecule has 1 N–H and O–H groups in total. The molecule has 0 radical (unpaired) electrons. The zero-order chi connectivity index (χ0) is 18.7. The maximum Gasteiger partial charge on any atom is 0.250 e. The Morgan fingerprint density at radius 1 is 1.04 bits per heavy atom. The summed E-state index contributed by atoms with van der Waals surface area (Å²) in [6, 6.07) is 23.1. The van der Waals surface area contributed by atoms with Crippen LogP contribution in [0.1, 0.15) is 11.1 Å². The average molecular weight is 377 g/mol. The molecule has 0 aliphatic rings. The number of carbonyl (C=O) groups excluding carboxylic acids is 1. The molecule has 6 heteroatoms. The summed E-state index contributed by atoms with van der Waals surface area (Å²) < 4.78 is 5.87. The third-order valence-electron chi connectivity index (χ3n) is 3.54. The van der Waals surface area contributed by atoms with Crippen molar-refractivity contribution < 1.29 is 9.53 Å². The fourth-order valence-electron chi connectivity index (χ4n) is 2.23. The summed E-state index contributed by atoms with van der Waals surface area (Å²) in [6.07, 6.45) is 3.29. The molecule has 0 saturated heterocycles. The van der Waals surface area contributed by atoms with Crippen molar-refractivity contribution in [3.05, 3.63) is 90.1 Å². The van der Waals surface area contributed by atoms with Crippen LogP contribution in [0.5, 0.6) is 5.75 Å². The van der Waals surface area contributed by atoms with Gasteiger partial charge in [0.2, 0.25) is 5.91 Å². The van der Waals surface area contributed by atoms with Crippen molar-refractivity contribution in [1.82, 2.24) is 10.4 Å². The number of nitrogens with zero attached hydrogens (tertiary/aromatic N) is 2. The summed E-state index contributed by atoms with van der Waals surface area (Å²) in [7, 11) is 0. The van der Waals surface area contributed by atoms with Crippen LogP contribution in [-0.4, -0.2) is 22.9 Å². The summed E-state index contributed by atoms with van der Waals surface area (Å²) in [6.45, 7) is 0.471. The number of hydrogen-bond donors (Lipinski definition) is 1. The number of para-hydroxylation sites is 1.